The van der Waals surface area contributed by atoms with E-state index < -0.39 is 0 Å². The van der Waals surface area contributed by atoms with Crippen LogP contribution in [0.2, 0.25) is 0 Å². The second-order valence-corrected chi connectivity index (χ2v) is 4.84. The van der Waals surface area contributed by atoms with E-state index >= 15 is 0 Å². The molecule has 0 heterocycles. The van der Waals surface area contributed by atoms with Gasteiger partial charge in [-0.15, -0.1) is 0 Å². The van der Waals surface area contributed by atoms with Gasteiger partial charge in [0.1, 0.15) is 5.82 Å². The smallest absolute Gasteiger partial charge is 0.123 e. The van der Waals surface area contributed by atoms with Crippen molar-refractivity contribution in [2.75, 3.05) is 13.7 Å². The van der Waals surface area contributed by atoms with E-state index in [2.05, 4.69) is 19.2 Å². The summed E-state index contributed by atoms with van der Waals surface area (Å²) < 4.78 is 18.0. The van der Waals surface area contributed by atoms with E-state index in [4.69, 9.17) is 4.74 Å². The van der Waals surface area contributed by atoms with Crippen LogP contribution in [0.3, 0.4) is 0 Å². The summed E-state index contributed by atoms with van der Waals surface area (Å²) in [5, 5.41) is 3.56. The second-order valence-electron chi connectivity index (χ2n) is 4.84. The van der Waals surface area contributed by atoms with Crippen molar-refractivity contribution in [3.05, 3.63) is 35.6 Å². The maximum Gasteiger partial charge on any atom is 0.123 e. The normalized spacial score (nSPS) is 14.4. The van der Waals surface area contributed by atoms with Crippen LogP contribution in [0.5, 0.6) is 0 Å². The Morgan fingerprint density at radius 1 is 1.28 bits per heavy atom. The van der Waals surface area contributed by atoms with Crippen LogP contribution in [0.4, 0.5) is 4.39 Å². The molecular formula is C15H24FNO. The zero-order valence-corrected chi connectivity index (χ0v) is 11.6. The minimum atomic E-state index is -0.178. The molecule has 1 rings (SSSR count). The molecule has 0 amide bonds. The summed E-state index contributed by atoms with van der Waals surface area (Å²) in [7, 11) is 1.73. The quantitative estimate of drug-likeness (QED) is 0.768. The zero-order chi connectivity index (χ0) is 13.4. The van der Waals surface area contributed by atoms with Gasteiger partial charge in [-0.1, -0.05) is 25.5 Å². The van der Waals surface area contributed by atoms with Gasteiger partial charge >= 0.3 is 0 Å². The van der Waals surface area contributed by atoms with E-state index in [1.165, 1.54) is 12.1 Å². The third-order valence-electron chi connectivity index (χ3n) is 2.98. The van der Waals surface area contributed by atoms with Crippen LogP contribution in [0.1, 0.15) is 32.3 Å². The Labute approximate surface area is 110 Å². The number of hydrogen-bond donors (Lipinski definition) is 1. The first-order chi connectivity index (χ1) is 8.65. The van der Waals surface area contributed by atoms with Crippen molar-refractivity contribution >= 4 is 0 Å². The molecule has 0 saturated heterocycles. The van der Waals surface area contributed by atoms with Gasteiger partial charge < -0.3 is 10.1 Å². The number of ether oxygens (including phenoxy) is 1. The second kappa shape index (κ2) is 8.22. The fraction of sp³-hybridized carbons (Fsp3) is 0.600. The third kappa shape index (κ3) is 5.61. The van der Waals surface area contributed by atoms with E-state index in [1.807, 2.05) is 12.1 Å². The highest BCUT2D eigenvalue weighted by Gasteiger charge is 2.11. The van der Waals surface area contributed by atoms with Gasteiger partial charge in [-0.2, -0.15) is 0 Å². The first-order valence-corrected chi connectivity index (χ1v) is 6.65. The fourth-order valence-electron chi connectivity index (χ4n) is 2.20. The highest BCUT2D eigenvalue weighted by Crippen LogP contribution is 2.07. The fourth-order valence-corrected chi connectivity index (χ4v) is 2.20. The minimum absolute atomic E-state index is 0.178. The summed E-state index contributed by atoms with van der Waals surface area (Å²) in [6, 6.07) is 7.48. The topological polar surface area (TPSA) is 21.3 Å². The molecule has 0 aliphatic heterocycles. The molecule has 0 fully saturated rings. The van der Waals surface area contributed by atoms with Gasteiger partial charge in [0, 0.05) is 19.2 Å². The van der Waals surface area contributed by atoms with Gasteiger partial charge in [-0.3, -0.25) is 0 Å². The van der Waals surface area contributed by atoms with Gasteiger partial charge in [0.25, 0.3) is 0 Å². The Bertz CT molecular complexity index is 320. The summed E-state index contributed by atoms with van der Waals surface area (Å²) in [6.07, 6.45) is 3.16. The molecule has 0 spiro atoms. The van der Waals surface area contributed by atoms with E-state index in [0.717, 1.165) is 31.4 Å². The summed E-state index contributed by atoms with van der Waals surface area (Å²) in [4.78, 5) is 0. The van der Waals surface area contributed by atoms with E-state index in [1.54, 1.807) is 7.11 Å². The summed E-state index contributed by atoms with van der Waals surface area (Å²) >= 11 is 0. The van der Waals surface area contributed by atoms with Gasteiger partial charge in [0.05, 0.1) is 6.61 Å². The van der Waals surface area contributed by atoms with Gasteiger partial charge in [-0.25, -0.2) is 4.39 Å². The van der Waals surface area contributed by atoms with E-state index in [9.17, 15) is 4.39 Å². The number of nitrogens with one attached hydrogen (secondary N) is 1. The first kappa shape index (κ1) is 15.1. The molecule has 1 N–H and O–H groups in total. The lowest BCUT2D eigenvalue weighted by Gasteiger charge is -2.22. The predicted octanol–water partition coefficient (Wildman–Crippen LogP) is 3.16. The molecule has 0 aromatic heterocycles. The number of rotatable bonds is 8. The first-order valence-electron chi connectivity index (χ1n) is 6.65. The number of hydrogen-bond acceptors (Lipinski definition) is 2. The van der Waals surface area contributed by atoms with Crippen LogP contribution < -0.4 is 5.32 Å². The Hall–Kier alpha value is -0.930. The summed E-state index contributed by atoms with van der Waals surface area (Å²) in [6.45, 7) is 5.07. The molecule has 0 aliphatic carbocycles. The Kier molecular flexibility index (Phi) is 6.91. The van der Waals surface area contributed by atoms with Crippen LogP contribution >= 0.6 is 0 Å². The largest absolute Gasteiger partial charge is 0.383 e. The highest BCUT2D eigenvalue weighted by atomic mass is 19.1. The Balaban J connectivity index is 2.43. The van der Waals surface area contributed by atoms with Crippen molar-refractivity contribution in [1.29, 1.82) is 0 Å². The molecular weight excluding hydrogens is 229 g/mol. The van der Waals surface area contributed by atoms with E-state index in [-0.39, 0.29) is 5.82 Å². The van der Waals surface area contributed by atoms with Crippen molar-refractivity contribution in [2.24, 2.45) is 0 Å². The van der Waals surface area contributed by atoms with Crippen LogP contribution in [-0.4, -0.2) is 25.8 Å². The number of methoxy groups -OCH3 is 1. The molecule has 0 saturated carbocycles. The van der Waals surface area contributed by atoms with Crippen molar-refractivity contribution in [1.82, 2.24) is 5.32 Å². The maximum atomic E-state index is 12.8. The number of benzene rings is 1. The van der Waals surface area contributed by atoms with Gasteiger partial charge in [0.2, 0.25) is 0 Å². The van der Waals surface area contributed by atoms with Crippen molar-refractivity contribution in [3.63, 3.8) is 0 Å². The Morgan fingerprint density at radius 2 is 1.94 bits per heavy atom. The predicted molar refractivity (Wildman–Crippen MR) is 73.3 cm³/mol. The van der Waals surface area contributed by atoms with Crippen LogP contribution in [0.15, 0.2) is 24.3 Å². The standard InChI is InChI=1S/C15H24FNO/c1-4-5-15(11-18-3)17-12(2)10-13-6-8-14(16)9-7-13/h6-9,12,15,17H,4-5,10-11H2,1-3H3. The monoisotopic (exact) mass is 253 g/mol. The molecule has 1 aromatic carbocycles. The van der Waals surface area contributed by atoms with Gasteiger partial charge in [-0.05, 0) is 37.5 Å². The molecule has 0 aliphatic rings. The summed E-state index contributed by atoms with van der Waals surface area (Å²) in [5.74, 6) is -0.178. The average molecular weight is 253 g/mol. The third-order valence-corrected chi connectivity index (χ3v) is 2.98. The molecule has 2 unspecified atom stereocenters. The van der Waals surface area contributed by atoms with Gasteiger partial charge in [0.15, 0.2) is 0 Å². The number of halogens is 1. The van der Waals surface area contributed by atoms with Crippen LogP contribution in [-0.2, 0) is 11.2 Å². The lowest BCUT2D eigenvalue weighted by Crippen LogP contribution is -2.40. The van der Waals surface area contributed by atoms with Crippen molar-refractivity contribution in [2.45, 2.75) is 45.2 Å². The lowest BCUT2D eigenvalue weighted by molar-refractivity contribution is 0.157. The van der Waals surface area contributed by atoms with Crippen molar-refractivity contribution in [3.8, 4) is 0 Å². The zero-order valence-electron chi connectivity index (χ0n) is 11.6. The molecule has 0 bridgehead atoms. The highest BCUT2D eigenvalue weighted by molar-refractivity contribution is 5.17. The van der Waals surface area contributed by atoms with Crippen LogP contribution in [0.25, 0.3) is 0 Å². The maximum absolute atomic E-state index is 12.8. The molecule has 2 atom stereocenters. The molecule has 3 heteroatoms. The minimum Gasteiger partial charge on any atom is -0.383 e. The molecule has 1 aromatic rings. The molecule has 2 nitrogen and oxygen atoms in total. The molecule has 102 valence electrons. The SMILES string of the molecule is CCCC(COC)NC(C)Cc1ccc(F)cc1. The van der Waals surface area contributed by atoms with E-state index in [0.29, 0.717) is 12.1 Å². The summed E-state index contributed by atoms with van der Waals surface area (Å²) in [5.41, 5.74) is 1.16. The molecule has 0 radical (unpaired) electrons. The van der Waals surface area contributed by atoms with Crippen LogP contribution in [0, 0.1) is 5.82 Å². The van der Waals surface area contributed by atoms with Crippen molar-refractivity contribution < 1.29 is 9.13 Å². The lowest BCUT2D eigenvalue weighted by atomic mass is 10.1. The average Bonchev–Trinajstić information content (AvgIpc) is 2.33. The Morgan fingerprint density at radius 3 is 2.50 bits per heavy atom. The molecule has 18 heavy (non-hydrogen) atoms.